The van der Waals surface area contributed by atoms with E-state index < -0.39 is 17.7 Å². The number of carboxylic acid groups (broad SMARTS) is 1. The Bertz CT molecular complexity index is 494. The minimum Gasteiger partial charge on any atom is -0.486 e. The number of nitrogens with two attached hydrogens (primary N) is 1. The first-order chi connectivity index (χ1) is 8.56. The zero-order chi connectivity index (χ0) is 13.3. The Morgan fingerprint density at radius 3 is 2.83 bits per heavy atom. The van der Waals surface area contributed by atoms with Crippen LogP contribution in [0.3, 0.4) is 0 Å². The number of carboxylic acids is 1. The Kier molecular flexibility index (Phi) is 3.58. The molecule has 2 rings (SSSR count). The highest BCUT2D eigenvalue weighted by Gasteiger charge is 2.28. The zero-order valence-electron chi connectivity index (χ0n) is 9.28. The smallest absolute Gasteiger partial charge is 0.312 e. The maximum atomic E-state index is 14.0. The van der Waals surface area contributed by atoms with E-state index in [-0.39, 0.29) is 35.2 Å². The summed E-state index contributed by atoms with van der Waals surface area (Å²) in [5.41, 5.74) is 5.24. The Morgan fingerprint density at radius 1 is 1.56 bits per heavy atom. The highest BCUT2D eigenvalue weighted by atomic mass is 35.5. The van der Waals surface area contributed by atoms with Crippen LogP contribution in [0.1, 0.15) is 11.5 Å². The van der Waals surface area contributed by atoms with E-state index in [9.17, 15) is 9.18 Å². The second-order valence-electron chi connectivity index (χ2n) is 3.74. The second kappa shape index (κ2) is 4.99. The topological polar surface area (TPSA) is 81.8 Å². The van der Waals surface area contributed by atoms with E-state index in [1.165, 1.54) is 6.07 Å². The van der Waals surface area contributed by atoms with Gasteiger partial charge >= 0.3 is 5.97 Å². The predicted molar refractivity (Wildman–Crippen MR) is 61.8 cm³/mol. The quantitative estimate of drug-likeness (QED) is 0.871. The van der Waals surface area contributed by atoms with Gasteiger partial charge in [-0.25, -0.2) is 4.39 Å². The minimum atomic E-state index is -1.22. The lowest BCUT2D eigenvalue weighted by atomic mass is 9.98. The molecular formula is C11H11ClFNO4. The molecule has 0 fully saturated rings. The van der Waals surface area contributed by atoms with Crippen LogP contribution < -0.4 is 15.2 Å². The van der Waals surface area contributed by atoms with E-state index in [0.717, 1.165) is 0 Å². The van der Waals surface area contributed by atoms with Gasteiger partial charge in [-0.3, -0.25) is 4.79 Å². The lowest BCUT2D eigenvalue weighted by Crippen LogP contribution is -2.23. The van der Waals surface area contributed by atoms with Crippen LogP contribution in [0.4, 0.5) is 4.39 Å². The maximum Gasteiger partial charge on any atom is 0.312 e. The van der Waals surface area contributed by atoms with Gasteiger partial charge in [0.2, 0.25) is 0 Å². The fourth-order valence-electron chi connectivity index (χ4n) is 1.76. The van der Waals surface area contributed by atoms with Crippen molar-refractivity contribution in [3.8, 4) is 11.5 Å². The van der Waals surface area contributed by atoms with Crippen molar-refractivity contribution >= 4 is 17.6 Å². The lowest BCUT2D eigenvalue weighted by Gasteiger charge is -2.22. The number of carbonyl (C=O) groups is 1. The van der Waals surface area contributed by atoms with Crippen LogP contribution >= 0.6 is 11.6 Å². The van der Waals surface area contributed by atoms with Gasteiger partial charge in [-0.2, -0.15) is 0 Å². The largest absolute Gasteiger partial charge is 0.486 e. The number of benzene rings is 1. The first-order valence-corrected chi connectivity index (χ1v) is 5.64. The highest BCUT2D eigenvalue weighted by Crippen LogP contribution is 2.42. The number of halogens is 2. The lowest BCUT2D eigenvalue weighted by molar-refractivity contribution is -0.138. The van der Waals surface area contributed by atoms with Crippen molar-refractivity contribution in [2.45, 2.75) is 5.92 Å². The number of hydrogen-bond acceptors (Lipinski definition) is 4. The maximum absolute atomic E-state index is 14.0. The summed E-state index contributed by atoms with van der Waals surface area (Å²) in [7, 11) is 0. The molecule has 1 aliphatic heterocycles. The van der Waals surface area contributed by atoms with Crippen LogP contribution in [0, 0.1) is 5.82 Å². The standard InChI is InChI=1S/C11H11ClFNO4/c12-8-9(13)5(6(4-14)11(15)16)3-7-10(8)18-2-1-17-7/h3,6H,1-2,4,14H2,(H,15,16). The molecule has 0 amide bonds. The predicted octanol–water partition coefficient (Wildman–Crippen LogP) is 1.38. The van der Waals surface area contributed by atoms with E-state index in [1.807, 2.05) is 0 Å². The van der Waals surface area contributed by atoms with Crippen LogP contribution in [0.15, 0.2) is 6.07 Å². The summed E-state index contributed by atoms with van der Waals surface area (Å²) >= 11 is 5.81. The fourth-order valence-corrected chi connectivity index (χ4v) is 2.01. The van der Waals surface area contributed by atoms with Crippen molar-refractivity contribution < 1.29 is 23.8 Å². The molecule has 5 nitrogen and oxygen atoms in total. The summed E-state index contributed by atoms with van der Waals surface area (Å²) in [6.45, 7) is 0.335. The van der Waals surface area contributed by atoms with Crippen LogP contribution in [-0.2, 0) is 4.79 Å². The first kappa shape index (κ1) is 12.9. The van der Waals surface area contributed by atoms with E-state index in [4.69, 9.17) is 31.9 Å². The monoisotopic (exact) mass is 275 g/mol. The van der Waals surface area contributed by atoms with Gasteiger partial charge < -0.3 is 20.3 Å². The average Bonchev–Trinajstić information content (AvgIpc) is 2.36. The SMILES string of the molecule is NCC(C(=O)O)c1cc2c(c(Cl)c1F)OCCO2. The summed E-state index contributed by atoms with van der Waals surface area (Å²) in [5, 5.41) is 8.71. The van der Waals surface area contributed by atoms with Crippen molar-refractivity contribution in [3.05, 3.63) is 22.5 Å². The fraction of sp³-hybridized carbons (Fsp3) is 0.364. The summed E-state index contributed by atoms with van der Waals surface area (Å²) < 4.78 is 24.5. The van der Waals surface area contributed by atoms with E-state index in [2.05, 4.69) is 0 Å². The number of aliphatic carboxylic acids is 1. The van der Waals surface area contributed by atoms with Gasteiger partial charge in [0.15, 0.2) is 11.5 Å². The second-order valence-corrected chi connectivity index (χ2v) is 4.12. The summed E-state index contributed by atoms with van der Waals surface area (Å²) in [4.78, 5) is 11.0. The third-order valence-corrected chi connectivity index (χ3v) is 2.99. The van der Waals surface area contributed by atoms with Gasteiger partial charge in [0.1, 0.15) is 24.1 Å². The Hall–Kier alpha value is -1.53. The molecule has 3 N–H and O–H groups in total. The number of fused-ring (bicyclic) bond motifs is 1. The van der Waals surface area contributed by atoms with Gasteiger partial charge in [-0.1, -0.05) is 11.6 Å². The third kappa shape index (κ3) is 2.09. The molecular weight excluding hydrogens is 265 g/mol. The molecule has 1 aromatic carbocycles. The van der Waals surface area contributed by atoms with Crippen LogP contribution in [0.5, 0.6) is 11.5 Å². The molecule has 1 unspecified atom stereocenters. The van der Waals surface area contributed by atoms with Crippen LogP contribution in [0.2, 0.25) is 5.02 Å². The van der Waals surface area contributed by atoms with E-state index in [1.54, 1.807) is 0 Å². The molecule has 0 spiro atoms. The molecule has 1 aliphatic rings. The van der Waals surface area contributed by atoms with Crippen LogP contribution in [-0.4, -0.2) is 30.8 Å². The van der Waals surface area contributed by atoms with Gasteiger partial charge in [0.25, 0.3) is 0 Å². The Morgan fingerprint density at radius 2 is 2.22 bits per heavy atom. The highest BCUT2D eigenvalue weighted by molar-refractivity contribution is 6.32. The van der Waals surface area contributed by atoms with E-state index >= 15 is 0 Å². The van der Waals surface area contributed by atoms with Crippen molar-refractivity contribution in [1.82, 2.24) is 0 Å². The molecule has 0 saturated heterocycles. The van der Waals surface area contributed by atoms with Crippen molar-refractivity contribution in [3.63, 3.8) is 0 Å². The van der Waals surface area contributed by atoms with Crippen molar-refractivity contribution in [1.29, 1.82) is 0 Å². The first-order valence-electron chi connectivity index (χ1n) is 5.26. The van der Waals surface area contributed by atoms with Gasteiger partial charge in [0, 0.05) is 12.1 Å². The van der Waals surface area contributed by atoms with Crippen LogP contribution in [0.25, 0.3) is 0 Å². The molecule has 0 aromatic heterocycles. The molecule has 0 bridgehead atoms. The molecule has 1 heterocycles. The number of rotatable bonds is 3. The average molecular weight is 276 g/mol. The normalized spacial score (nSPS) is 15.3. The van der Waals surface area contributed by atoms with Gasteiger partial charge in [-0.05, 0) is 6.07 Å². The molecule has 0 radical (unpaired) electrons. The Labute approximate surface area is 107 Å². The zero-order valence-corrected chi connectivity index (χ0v) is 10.0. The van der Waals surface area contributed by atoms with Crippen molar-refractivity contribution in [2.75, 3.05) is 19.8 Å². The molecule has 0 saturated carbocycles. The minimum absolute atomic E-state index is 0.0979. The number of ether oxygens (including phenoxy) is 2. The van der Waals surface area contributed by atoms with Crippen molar-refractivity contribution in [2.24, 2.45) is 5.73 Å². The molecule has 98 valence electrons. The summed E-state index contributed by atoms with van der Waals surface area (Å²) in [6, 6.07) is 1.28. The number of hydrogen-bond donors (Lipinski definition) is 2. The molecule has 0 aliphatic carbocycles. The van der Waals surface area contributed by atoms with Gasteiger partial charge in [0.05, 0.1) is 5.92 Å². The molecule has 7 heteroatoms. The van der Waals surface area contributed by atoms with E-state index in [0.29, 0.717) is 6.61 Å². The molecule has 18 heavy (non-hydrogen) atoms. The summed E-state index contributed by atoms with van der Waals surface area (Å²) in [5.74, 6) is -2.88. The molecule has 1 atom stereocenters. The molecule has 1 aromatic rings. The Balaban J connectivity index is 2.55. The third-order valence-electron chi connectivity index (χ3n) is 2.65. The van der Waals surface area contributed by atoms with Gasteiger partial charge in [-0.15, -0.1) is 0 Å². The summed E-state index contributed by atoms with van der Waals surface area (Å²) in [6.07, 6.45) is 0.